The predicted octanol–water partition coefficient (Wildman–Crippen LogP) is 2.46. The Morgan fingerprint density at radius 1 is 1.05 bits per heavy atom. The Labute approximate surface area is 113 Å². The smallest absolute Gasteiger partial charge is 0.223 e. The van der Waals surface area contributed by atoms with Gasteiger partial charge in [-0.15, -0.1) is 0 Å². The van der Waals surface area contributed by atoms with Gasteiger partial charge in [0, 0.05) is 11.8 Å². The number of nitrogen functional groups attached to an aromatic ring is 1. The molecule has 0 spiro atoms. The number of hydrogen-bond acceptors (Lipinski definition) is 4. The molecule has 1 aliphatic carbocycles. The Bertz CT molecular complexity index is 582. The minimum Gasteiger partial charge on any atom is -0.368 e. The number of rotatable bonds is 2. The van der Waals surface area contributed by atoms with Crippen LogP contribution in [0.3, 0.4) is 0 Å². The monoisotopic (exact) mass is 254 g/mol. The SMILES string of the molecule is CC(C)c1nc(N)nc(C2Cc3ccccc3C2)n1. The number of aromatic nitrogens is 3. The van der Waals surface area contributed by atoms with Crippen LogP contribution in [-0.2, 0) is 12.8 Å². The molecular weight excluding hydrogens is 236 g/mol. The van der Waals surface area contributed by atoms with Crippen molar-refractivity contribution in [1.82, 2.24) is 15.0 Å². The average molecular weight is 254 g/mol. The Hall–Kier alpha value is -1.97. The summed E-state index contributed by atoms with van der Waals surface area (Å²) in [5.74, 6) is 2.57. The molecule has 0 aliphatic heterocycles. The highest BCUT2D eigenvalue weighted by Crippen LogP contribution is 2.32. The quantitative estimate of drug-likeness (QED) is 0.894. The number of fused-ring (bicyclic) bond motifs is 1. The largest absolute Gasteiger partial charge is 0.368 e. The Balaban J connectivity index is 1.93. The van der Waals surface area contributed by atoms with E-state index >= 15 is 0 Å². The van der Waals surface area contributed by atoms with Crippen molar-refractivity contribution in [2.45, 2.75) is 38.5 Å². The van der Waals surface area contributed by atoms with E-state index in [1.807, 2.05) is 0 Å². The van der Waals surface area contributed by atoms with Crippen LogP contribution in [0.5, 0.6) is 0 Å². The minimum atomic E-state index is 0.271. The maximum absolute atomic E-state index is 5.81. The van der Waals surface area contributed by atoms with Crippen molar-refractivity contribution in [3.05, 3.63) is 47.0 Å². The third kappa shape index (κ3) is 2.30. The molecule has 0 saturated carbocycles. The molecule has 0 fully saturated rings. The summed E-state index contributed by atoms with van der Waals surface area (Å²) in [7, 11) is 0. The second kappa shape index (κ2) is 4.61. The lowest BCUT2D eigenvalue weighted by atomic mass is 10.1. The lowest BCUT2D eigenvalue weighted by Crippen LogP contribution is -2.12. The van der Waals surface area contributed by atoms with E-state index < -0.39 is 0 Å². The normalized spacial score (nSPS) is 14.9. The van der Waals surface area contributed by atoms with Crippen LogP contribution in [0.15, 0.2) is 24.3 Å². The van der Waals surface area contributed by atoms with Crippen LogP contribution < -0.4 is 5.73 Å². The predicted molar refractivity (Wildman–Crippen MR) is 74.9 cm³/mol. The fourth-order valence-corrected chi connectivity index (χ4v) is 2.61. The Kier molecular flexibility index (Phi) is 2.93. The van der Waals surface area contributed by atoms with Gasteiger partial charge in [-0.3, -0.25) is 0 Å². The summed E-state index contributed by atoms with van der Waals surface area (Å²) in [6, 6.07) is 8.54. The summed E-state index contributed by atoms with van der Waals surface area (Å²) in [6.07, 6.45) is 1.99. The molecule has 1 aromatic carbocycles. The van der Waals surface area contributed by atoms with Crippen LogP contribution in [0.4, 0.5) is 5.95 Å². The van der Waals surface area contributed by atoms with Crippen molar-refractivity contribution in [2.24, 2.45) is 0 Å². The number of benzene rings is 1. The summed E-state index contributed by atoms with van der Waals surface area (Å²) in [6.45, 7) is 4.14. The van der Waals surface area contributed by atoms with Crippen LogP contribution >= 0.6 is 0 Å². The molecular formula is C15H18N4. The molecule has 1 heterocycles. The molecule has 1 aliphatic rings. The van der Waals surface area contributed by atoms with E-state index in [1.165, 1.54) is 11.1 Å². The number of hydrogen-bond donors (Lipinski definition) is 1. The molecule has 0 radical (unpaired) electrons. The van der Waals surface area contributed by atoms with Crippen molar-refractivity contribution >= 4 is 5.95 Å². The number of anilines is 1. The van der Waals surface area contributed by atoms with Gasteiger partial charge >= 0.3 is 0 Å². The van der Waals surface area contributed by atoms with E-state index in [0.29, 0.717) is 11.9 Å². The third-order valence-corrected chi connectivity index (χ3v) is 3.62. The van der Waals surface area contributed by atoms with Crippen LogP contribution in [0.1, 0.15) is 48.5 Å². The summed E-state index contributed by atoms with van der Waals surface area (Å²) < 4.78 is 0. The average Bonchev–Trinajstić information content (AvgIpc) is 2.81. The van der Waals surface area contributed by atoms with E-state index in [1.54, 1.807) is 0 Å². The van der Waals surface area contributed by atoms with Crippen LogP contribution in [-0.4, -0.2) is 15.0 Å². The van der Waals surface area contributed by atoms with Gasteiger partial charge in [-0.2, -0.15) is 9.97 Å². The molecule has 0 atom stereocenters. The van der Waals surface area contributed by atoms with E-state index in [-0.39, 0.29) is 5.92 Å². The Morgan fingerprint density at radius 3 is 2.26 bits per heavy atom. The van der Waals surface area contributed by atoms with Crippen LogP contribution in [0.2, 0.25) is 0 Å². The van der Waals surface area contributed by atoms with Crippen LogP contribution in [0, 0.1) is 0 Å². The van der Waals surface area contributed by atoms with Crippen LogP contribution in [0.25, 0.3) is 0 Å². The molecule has 98 valence electrons. The maximum Gasteiger partial charge on any atom is 0.223 e. The molecule has 2 aromatic rings. The highest BCUT2D eigenvalue weighted by molar-refractivity contribution is 5.35. The molecule has 4 heteroatoms. The van der Waals surface area contributed by atoms with E-state index in [2.05, 4.69) is 53.1 Å². The highest BCUT2D eigenvalue weighted by atomic mass is 15.1. The minimum absolute atomic E-state index is 0.271. The van der Waals surface area contributed by atoms with E-state index in [9.17, 15) is 0 Å². The van der Waals surface area contributed by atoms with E-state index in [4.69, 9.17) is 5.73 Å². The maximum atomic E-state index is 5.81. The molecule has 0 amide bonds. The molecule has 3 rings (SSSR count). The van der Waals surface area contributed by atoms with Crippen molar-refractivity contribution in [1.29, 1.82) is 0 Å². The van der Waals surface area contributed by atoms with Crippen molar-refractivity contribution in [3.8, 4) is 0 Å². The molecule has 4 nitrogen and oxygen atoms in total. The van der Waals surface area contributed by atoms with E-state index in [0.717, 1.165) is 24.5 Å². The zero-order chi connectivity index (χ0) is 13.4. The third-order valence-electron chi connectivity index (χ3n) is 3.62. The fraction of sp³-hybridized carbons (Fsp3) is 0.400. The molecule has 19 heavy (non-hydrogen) atoms. The highest BCUT2D eigenvalue weighted by Gasteiger charge is 2.25. The second-order valence-electron chi connectivity index (χ2n) is 5.44. The first kappa shape index (κ1) is 12.1. The molecule has 0 unspecified atom stereocenters. The summed E-state index contributed by atoms with van der Waals surface area (Å²) in [5.41, 5.74) is 8.61. The lowest BCUT2D eigenvalue weighted by molar-refractivity contribution is 0.649. The first-order valence-electron chi connectivity index (χ1n) is 6.71. The van der Waals surface area contributed by atoms with Gasteiger partial charge in [-0.05, 0) is 24.0 Å². The zero-order valence-corrected chi connectivity index (χ0v) is 11.3. The summed E-state index contributed by atoms with van der Waals surface area (Å²) in [4.78, 5) is 13.1. The van der Waals surface area contributed by atoms with Gasteiger partial charge in [0.05, 0.1) is 0 Å². The van der Waals surface area contributed by atoms with Gasteiger partial charge < -0.3 is 5.73 Å². The summed E-state index contributed by atoms with van der Waals surface area (Å²) >= 11 is 0. The first-order chi connectivity index (χ1) is 9.13. The van der Waals surface area contributed by atoms with Gasteiger partial charge in [-0.25, -0.2) is 4.98 Å². The zero-order valence-electron chi connectivity index (χ0n) is 11.3. The number of nitrogens with zero attached hydrogens (tertiary/aromatic N) is 3. The summed E-state index contributed by atoms with van der Waals surface area (Å²) in [5, 5.41) is 0. The van der Waals surface area contributed by atoms with Crippen molar-refractivity contribution in [2.75, 3.05) is 5.73 Å². The van der Waals surface area contributed by atoms with Gasteiger partial charge in [-0.1, -0.05) is 38.1 Å². The van der Waals surface area contributed by atoms with Gasteiger partial charge in [0.25, 0.3) is 0 Å². The topological polar surface area (TPSA) is 64.7 Å². The second-order valence-corrected chi connectivity index (χ2v) is 5.44. The fourth-order valence-electron chi connectivity index (χ4n) is 2.61. The molecule has 0 saturated heterocycles. The molecule has 0 bridgehead atoms. The van der Waals surface area contributed by atoms with Gasteiger partial charge in [0.1, 0.15) is 11.6 Å². The molecule has 1 aromatic heterocycles. The first-order valence-corrected chi connectivity index (χ1v) is 6.71. The van der Waals surface area contributed by atoms with Gasteiger partial charge in [0.15, 0.2) is 0 Å². The van der Waals surface area contributed by atoms with Crippen molar-refractivity contribution < 1.29 is 0 Å². The number of nitrogens with two attached hydrogens (primary N) is 1. The standard InChI is InChI=1S/C15H18N4/c1-9(2)13-17-14(19-15(16)18-13)12-7-10-5-3-4-6-11(10)8-12/h3-6,9,12H,7-8H2,1-2H3,(H2,16,17,18,19). The van der Waals surface area contributed by atoms with Crippen molar-refractivity contribution in [3.63, 3.8) is 0 Å². The Morgan fingerprint density at radius 2 is 1.68 bits per heavy atom. The van der Waals surface area contributed by atoms with Gasteiger partial charge in [0.2, 0.25) is 5.95 Å². The lowest BCUT2D eigenvalue weighted by Gasteiger charge is -2.11. The molecule has 2 N–H and O–H groups in total.